The van der Waals surface area contributed by atoms with Gasteiger partial charge in [0, 0.05) is 0 Å². The molecule has 0 aliphatic carbocycles. The molecule has 0 aromatic rings. The average molecular weight is 352 g/mol. The standard InChI is InChI=1S/2C8H16O2.O.Ti/c2*1-3-5-6-7(4-2)8(9)10;;/h2*7H,3-6H2,1-2H3,(H,9,10);;. The van der Waals surface area contributed by atoms with Crippen LogP contribution in [0, 0.1) is 11.8 Å². The molecule has 0 aliphatic rings. The molecule has 0 bridgehead atoms. The van der Waals surface area contributed by atoms with Gasteiger partial charge in [0.2, 0.25) is 0 Å². The maximum absolute atomic E-state index is 10.4. The van der Waals surface area contributed by atoms with Crippen molar-refractivity contribution in [2.24, 2.45) is 11.8 Å². The number of carboxylic acid groups (broad SMARTS) is 2. The summed E-state index contributed by atoms with van der Waals surface area (Å²) in [5.74, 6) is -1.51. The van der Waals surface area contributed by atoms with Crippen LogP contribution in [-0.4, -0.2) is 22.2 Å². The van der Waals surface area contributed by atoms with Crippen LogP contribution in [0.3, 0.4) is 0 Å². The Morgan fingerprint density at radius 3 is 1.18 bits per heavy atom. The Morgan fingerprint density at radius 1 is 0.773 bits per heavy atom. The molecule has 0 saturated heterocycles. The molecule has 0 aromatic heterocycles. The number of hydrogen-bond donors (Lipinski definition) is 2. The fourth-order valence-electron chi connectivity index (χ4n) is 1.91. The molecule has 0 aromatic carbocycles. The molecule has 6 heteroatoms. The summed E-state index contributed by atoms with van der Waals surface area (Å²) >= 11 is 0.750. The average Bonchev–Trinajstić information content (AvgIpc) is 2.51. The van der Waals surface area contributed by atoms with E-state index in [-0.39, 0.29) is 11.8 Å². The van der Waals surface area contributed by atoms with Gasteiger partial charge in [0.1, 0.15) is 0 Å². The van der Waals surface area contributed by atoms with Gasteiger partial charge in [-0.25, -0.2) is 0 Å². The van der Waals surface area contributed by atoms with Gasteiger partial charge in [-0.2, -0.15) is 0 Å². The van der Waals surface area contributed by atoms with Crippen molar-refractivity contribution in [2.75, 3.05) is 0 Å². The molecule has 0 rings (SSSR count). The van der Waals surface area contributed by atoms with E-state index in [1.165, 1.54) is 0 Å². The zero-order valence-electron chi connectivity index (χ0n) is 14.4. The van der Waals surface area contributed by atoms with Gasteiger partial charge in [-0.15, -0.1) is 0 Å². The fraction of sp³-hybridized carbons (Fsp3) is 0.875. The fourth-order valence-corrected chi connectivity index (χ4v) is 1.91. The first-order valence-corrected chi connectivity index (χ1v) is 8.74. The van der Waals surface area contributed by atoms with Gasteiger partial charge in [0.25, 0.3) is 0 Å². The molecule has 130 valence electrons. The van der Waals surface area contributed by atoms with E-state index in [4.69, 9.17) is 13.5 Å². The van der Waals surface area contributed by atoms with E-state index in [1.54, 1.807) is 0 Å². The molecule has 0 radical (unpaired) electrons. The van der Waals surface area contributed by atoms with Gasteiger partial charge < -0.3 is 10.2 Å². The van der Waals surface area contributed by atoms with Crippen molar-refractivity contribution in [3.8, 4) is 0 Å². The van der Waals surface area contributed by atoms with Crippen molar-refractivity contribution >= 4 is 11.9 Å². The van der Waals surface area contributed by atoms with Crippen molar-refractivity contribution in [3.05, 3.63) is 0 Å². The quantitative estimate of drug-likeness (QED) is 0.567. The predicted molar refractivity (Wildman–Crippen MR) is 82.6 cm³/mol. The van der Waals surface area contributed by atoms with Gasteiger partial charge in [-0.05, 0) is 25.7 Å². The molecule has 22 heavy (non-hydrogen) atoms. The molecular formula is C16H32O5Ti. The van der Waals surface area contributed by atoms with Crippen LogP contribution >= 0.6 is 0 Å². The van der Waals surface area contributed by atoms with E-state index in [9.17, 15) is 9.59 Å². The van der Waals surface area contributed by atoms with Crippen LogP contribution in [-0.2, 0) is 33.3 Å². The van der Waals surface area contributed by atoms with E-state index in [0.717, 1.165) is 71.8 Å². The molecule has 2 unspecified atom stereocenters. The Balaban J connectivity index is -0.000000294. The van der Waals surface area contributed by atoms with Crippen LogP contribution < -0.4 is 0 Å². The molecular weight excluding hydrogens is 320 g/mol. The van der Waals surface area contributed by atoms with Crippen LogP contribution in [0.4, 0.5) is 0 Å². The van der Waals surface area contributed by atoms with Gasteiger partial charge in [0.05, 0.1) is 11.8 Å². The van der Waals surface area contributed by atoms with E-state index in [2.05, 4.69) is 13.8 Å². The van der Waals surface area contributed by atoms with E-state index in [0.29, 0.717) is 0 Å². The van der Waals surface area contributed by atoms with Crippen molar-refractivity contribution in [2.45, 2.75) is 79.1 Å². The Labute approximate surface area is 146 Å². The molecule has 0 aliphatic heterocycles. The third-order valence-electron chi connectivity index (χ3n) is 3.50. The van der Waals surface area contributed by atoms with Gasteiger partial charge in [-0.1, -0.05) is 53.4 Å². The predicted octanol–water partition coefficient (Wildman–Crippen LogP) is 4.45. The number of hydrogen-bond acceptors (Lipinski definition) is 3. The summed E-state index contributed by atoms with van der Waals surface area (Å²) in [7, 11) is 0. The number of aliphatic carboxylic acids is 2. The Kier molecular flexibility index (Phi) is 24.5. The maximum atomic E-state index is 10.4. The second-order valence-corrected chi connectivity index (χ2v) is 5.17. The number of carboxylic acids is 2. The minimum absolute atomic E-state index is 0.111. The normalized spacial score (nSPS) is 12.0. The van der Waals surface area contributed by atoms with E-state index < -0.39 is 11.9 Å². The molecule has 2 atom stereocenters. The molecule has 2 N–H and O–H groups in total. The molecule has 0 spiro atoms. The molecule has 0 heterocycles. The van der Waals surface area contributed by atoms with E-state index >= 15 is 0 Å². The molecule has 0 fully saturated rings. The topological polar surface area (TPSA) is 91.7 Å². The van der Waals surface area contributed by atoms with Crippen molar-refractivity contribution in [3.63, 3.8) is 0 Å². The first kappa shape index (κ1) is 26.4. The van der Waals surface area contributed by atoms with Crippen LogP contribution in [0.1, 0.15) is 79.1 Å². The first-order valence-electron chi connectivity index (χ1n) is 8.10. The summed E-state index contributed by atoms with van der Waals surface area (Å²) in [6, 6.07) is 0. The molecule has 0 amide bonds. The third-order valence-corrected chi connectivity index (χ3v) is 3.50. The summed E-state index contributed by atoms with van der Waals surface area (Å²) in [4.78, 5) is 20.9. The SMILES string of the molecule is CCCCC(CC)C(=O)O.CCCCC(CC)C(=O)O.[O]=[Ti]. The minimum atomic E-state index is -0.643. The van der Waals surface area contributed by atoms with Crippen LogP contribution in [0.5, 0.6) is 0 Å². The third kappa shape index (κ3) is 17.5. The van der Waals surface area contributed by atoms with Crippen LogP contribution in [0.2, 0.25) is 0 Å². The summed E-state index contributed by atoms with van der Waals surface area (Å²) in [5.41, 5.74) is 0. The zero-order valence-corrected chi connectivity index (χ0v) is 16.0. The summed E-state index contributed by atoms with van der Waals surface area (Å²) in [6.45, 7) is 8.01. The molecule has 0 saturated carbocycles. The number of rotatable bonds is 10. The van der Waals surface area contributed by atoms with Crippen molar-refractivity contribution in [1.82, 2.24) is 0 Å². The zero-order chi connectivity index (χ0) is 18.0. The Bertz CT molecular complexity index is 245. The van der Waals surface area contributed by atoms with Crippen LogP contribution in [0.15, 0.2) is 0 Å². The van der Waals surface area contributed by atoms with Gasteiger partial charge in [0.15, 0.2) is 0 Å². The Morgan fingerprint density at radius 2 is 1.05 bits per heavy atom. The van der Waals surface area contributed by atoms with Gasteiger partial charge in [-0.3, -0.25) is 9.59 Å². The summed E-state index contributed by atoms with van der Waals surface area (Å²) in [5, 5.41) is 17.2. The van der Waals surface area contributed by atoms with Crippen LogP contribution in [0.25, 0.3) is 0 Å². The first-order chi connectivity index (χ1) is 10.4. The second-order valence-electron chi connectivity index (χ2n) is 5.17. The summed E-state index contributed by atoms with van der Waals surface area (Å²) < 4.78 is 8.25. The Hall–Kier alpha value is -0.546. The van der Waals surface area contributed by atoms with Crippen molar-refractivity contribution in [1.29, 1.82) is 0 Å². The monoisotopic (exact) mass is 352 g/mol. The van der Waals surface area contributed by atoms with Crippen molar-refractivity contribution < 1.29 is 43.5 Å². The van der Waals surface area contributed by atoms with Gasteiger partial charge >= 0.3 is 35.7 Å². The second kappa shape index (κ2) is 20.5. The number of carbonyl (C=O) groups is 2. The number of unbranched alkanes of at least 4 members (excludes halogenated alkanes) is 2. The molecule has 5 nitrogen and oxygen atoms in total. The van der Waals surface area contributed by atoms with E-state index in [1.807, 2.05) is 13.8 Å². The summed E-state index contributed by atoms with van der Waals surface area (Å²) in [6.07, 6.45) is 7.43.